The highest BCUT2D eigenvalue weighted by Crippen LogP contribution is 2.22. The number of amides is 1. The van der Waals surface area contributed by atoms with E-state index in [1.54, 1.807) is 0 Å². The minimum atomic E-state index is 0.253. The zero-order chi connectivity index (χ0) is 16.5. The first-order valence-corrected chi connectivity index (χ1v) is 9.03. The molecule has 1 aromatic carbocycles. The normalized spacial score (nSPS) is 20.5. The summed E-state index contributed by atoms with van der Waals surface area (Å²) in [5.74, 6) is 0.253. The molecule has 2 aliphatic rings. The fourth-order valence-corrected chi connectivity index (χ4v) is 3.89. The van der Waals surface area contributed by atoms with Crippen LogP contribution in [-0.4, -0.2) is 77.4 Å². The van der Waals surface area contributed by atoms with Gasteiger partial charge in [-0.05, 0) is 18.2 Å². The number of piperazine rings is 1. The molecule has 128 valence electrons. The molecule has 1 N–H and O–H groups in total. The van der Waals surface area contributed by atoms with Gasteiger partial charge in [0.25, 0.3) is 0 Å². The maximum Gasteiger partial charge on any atom is 0.227 e. The Morgan fingerprint density at radius 1 is 1.17 bits per heavy atom. The number of carbonyl (C=O) groups excluding carboxylic acids is 1. The Balaban J connectivity index is 1.30. The molecule has 1 amide bonds. The van der Waals surface area contributed by atoms with Crippen LogP contribution in [0.4, 0.5) is 0 Å². The number of H-pyrrole nitrogens is 1. The highest BCUT2D eigenvalue weighted by Gasteiger charge is 2.35. The molecule has 0 spiro atoms. The summed E-state index contributed by atoms with van der Waals surface area (Å²) in [4.78, 5) is 22.9. The molecule has 0 unspecified atom stereocenters. The number of para-hydroxylation sites is 1. The fraction of sp³-hybridized carbons (Fsp3) is 0.526. The summed E-state index contributed by atoms with van der Waals surface area (Å²) in [5.41, 5.74) is 2.21. The summed E-state index contributed by atoms with van der Waals surface area (Å²) < 4.78 is 0. The van der Waals surface area contributed by atoms with E-state index in [-0.39, 0.29) is 5.91 Å². The number of carbonyl (C=O) groups is 1. The predicted molar refractivity (Wildman–Crippen MR) is 96.1 cm³/mol. The number of benzene rings is 1. The highest BCUT2D eigenvalue weighted by atomic mass is 16.2. The summed E-state index contributed by atoms with van der Waals surface area (Å²) in [6.45, 7) is 9.77. The van der Waals surface area contributed by atoms with Gasteiger partial charge in [-0.15, -0.1) is 0 Å². The van der Waals surface area contributed by atoms with E-state index in [0.717, 1.165) is 56.9 Å². The van der Waals surface area contributed by atoms with E-state index in [1.807, 2.05) is 23.2 Å². The smallest absolute Gasteiger partial charge is 0.227 e. The molecule has 0 aliphatic carbocycles. The van der Waals surface area contributed by atoms with Gasteiger partial charge < -0.3 is 14.8 Å². The number of hydrogen-bond donors (Lipinski definition) is 1. The number of nitrogens with zero attached hydrogens (tertiary/aromatic N) is 3. The largest absolute Gasteiger partial charge is 0.361 e. The van der Waals surface area contributed by atoms with Crippen LogP contribution in [0.1, 0.15) is 12.5 Å². The number of rotatable bonds is 4. The van der Waals surface area contributed by atoms with E-state index in [9.17, 15) is 4.79 Å². The van der Waals surface area contributed by atoms with Crippen molar-refractivity contribution in [3.05, 3.63) is 36.0 Å². The number of hydrogen-bond acceptors (Lipinski definition) is 3. The average Bonchev–Trinajstić information content (AvgIpc) is 2.97. The molecule has 2 aliphatic heterocycles. The lowest BCUT2D eigenvalue weighted by Gasteiger charge is -2.48. The summed E-state index contributed by atoms with van der Waals surface area (Å²) in [6.07, 6.45) is 2.48. The van der Waals surface area contributed by atoms with Crippen molar-refractivity contribution < 1.29 is 4.79 Å². The van der Waals surface area contributed by atoms with Crippen LogP contribution in [0.2, 0.25) is 0 Å². The molecule has 4 rings (SSSR count). The molecule has 0 saturated carbocycles. The van der Waals surface area contributed by atoms with Crippen LogP contribution in [0.5, 0.6) is 0 Å². The molecule has 0 atom stereocenters. The number of likely N-dealkylation sites (tertiary alicyclic amines) is 1. The van der Waals surface area contributed by atoms with Gasteiger partial charge in [0.15, 0.2) is 0 Å². The Hall–Kier alpha value is -1.85. The predicted octanol–water partition coefficient (Wildman–Crippen LogP) is 1.56. The average molecular weight is 326 g/mol. The molecule has 2 fully saturated rings. The molecule has 2 saturated heterocycles. The highest BCUT2D eigenvalue weighted by molar-refractivity contribution is 5.89. The fourth-order valence-electron chi connectivity index (χ4n) is 3.89. The molecular formula is C19H26N4O. The molecule has 0 radical (unpaired) electrons. The van der Waals surface area contributed by atoms with E-state index >= 15 is 0 Å². The third kappa shape index (κ3) is 2.94. The molecule has 3 heterocycles. The van der Waals surface area contributed by atoms with Crippen molar-refractivity contribution in [2.24, 2.45) is 0 Å². The summed E-state index contributed by atoms with van der Waals surface area (Å²) in [7, 11) is 0. The van der Waals surface area contributed by atoms with Crippen molar-refractivity contribution >= 4 is 16.8 Å². The minimum Gasteiger partial charge on any atom is -0.361 e. The van der Waals surface area contributed by atoms with Crippen molar-refractivity contribution in [2.75, 3.05) is 45.8 Å². The molecule has 5 nitrogen and oxygen atoms in total. The standard InChI is InChI=1S/C19H26N4O/c1-2-21-7-9-22(10-8-21)16-13-23(14-16)19(24)11-15-12-20-18-6-4-3-5-17(15)18/h3-6,12,16,20H,2,7-11,13-14H2,1H3. The Morgan fingerprint density at radius 3 is 2.67 bits per heavy atom. The van der Waals surface area contributed by atoms with Gasteiger partial charge in [0.2, 0.25) is 5.91 Å². The maximum absolute atomic E-state index is 12.5. The SMILES string of the molecule is CCN1CCN(C2CN(C(=O)Cc3c[nH]c4ccccc34)C2)CC1. The number of aromatic nitrogens is 1. The van der Waals surface area contributed by atoms with E-state index in [4.69, 9.17) is 0 Å². The molecule has 5 heteroatoms. The van der Waals surface area contributed by atoms with Gasteiger partial charge in [-0.25, -0.2) is 0 Å². The second kappa shape index (κ2) is 6.57. The maximum atomic E-state index is 12.5. The van der Waals surface area contributed by atoms with Crippen molar-refractivity contribution in [1.29, 1.82) is 0 Å². The lowest BCUT2D eigenvalue weighted by atomic mass is 10.0. The second-order valence-electron chi connectivity index (χ2n) is 6.96. The zero-order valence-corrected chi connectivity index (χ0v) is 14.4. The van der Waals surface area contributed by atoms with Gasteiger partial charge in [-0.3, -0.25) is 9.69 Å². The first-order chi connectivity index (χ1) is 11.7. The van der Waals surface area contributed by atoms with E-state index in [2.05, 4.69) is 33.8 Å². The molecule has 24 heavy (non-hydrogen) atoms. The Bertz CT molecular complexity index is 711. The van der Waals surface area contributed by atoms with Crippen molar-refractivity contribution in [1.82, 2.24) is 19.7 Å². The number of likely N-dealkylation sites (N-methyl/N-ethyl adjacent to an activating group) is 1. The minimum absolute atomic E-state index is 0.253. The third-order valence-electron chi connectivity index (χ3n) is 5.60. The number of fused-ring (bicyclic) bond motifs is 1. The van der Waals surface area contributed by atoms with Crippen LogP contribution in [-0.2, 0) is 11.2 Å². The summed E-state index contributed by atoms with van der Waals surface area (Å²) >= 11 is 0. The molecule has 0 bridgehead atoms. The second-order valence-corrected chi connectivity index (χ2v) is 6.96. The van der Waals surface area contributed by atoms with Gasteiger partial charge in [-0.2, -0.15) is 0 Å². The van der Waals surface area contributed by atoms with Gasteiger partial charge in [0, 0.05) is 62.4 Å². The van der Waals surface area contributed by atoms with E-state index in [0.29, 0.717) is 12.5 Å². The zero-order valence-electron chi connectivity index (χ0n) is 14.4. The van der Waals surface area contributed by atoms with Crippen LogP contribution in [0, 0.1) is 0 Å². The van der Waals surface area contributed by atoms with Crippen LogP contribution in [0.25, 0.3) is 10.9 Å². The van der Waals surface area contributed by atoms with Crippen molar-refractivity contribution in [2.45, 2.75) is 19.4 Å². The molecule has 2 aromatic rings. The first kappa shape index (κ1) is 15.7. The Kier molecular flexibility index (Phi) is 4.29. The van der Waals surface area contributed by atoms with Crippen molar-refractivity contribution in [3.63, 3.8) is 0 Å². The first-order valence-electron chi connectivity index (χ1n) is 9.03. The third-order valence-corrected chi connectivity index (χ3v) is 5.60. The Morgan fingerprint density at radius 2 is 1.92 bits per heavy atom. The van der Waals surface area contributed by atoms with E-state index < -0.39 is 0 Å². The van der Waals surface area contributed by atoms with Crippen molar-refractivity contribution in [3.8, 4) is 0 Å². The van der Waals surface area contributed by atoms with Gasteiger partial charge in [-0.1, -0.05) is 25.1 Å². The number of aromatic amines is 1. The van der Waals surface area contributed by atoms with Gasteiger partial charge in [0.1, 0.15) is 0 Å². The Labute approximate surface area is 143 Å². The monoisotopic (exact) mass is 326 g/mol. The van der Waals surface area contributed by atoms with Crippen LogP contribution >= 0.6 is 0 Å². The van der Waals surface area contributed by atoms with Gasteiger partial charge in [0.05, 0.1) is 6.42 Å². The van der Waals surface area contributed by atoms with Crippen LogP contribution < -0.4 is 0 Å². The quantitative estimate of drug-likeness (QED) is 0.927. The lowest BCUT2D eigenvalue weighted by molar-refractivity contribution is -0.138. The summed E-state index contributed by atoms with van der Waals surface area (Å²) in [5, 5.41) is 1.17. The molecule has 1 aromatic heterocycles. The van der Waals surface area contributed by atoms with Gasteiger partial charge >= 0.3 is 0 Å². The lowest BCUT2D eigenvalue weighted by Crippen LogP contribution is -2.64. The molecular weight excluding hydrogens is 300 g/mol. The van der Waals surface area contributed by atoms with Crippen LogP contribution in [0.3, 0.4) is 0 Å². The van der Waals surface area contributed by atoms with E-state index in [1.165, 1.54) is 5.39 Å². The topological polar surface area (TPSA) is 42.6 Å². The van der Waals surface area contributed by atoms with Crippen LogP contribution in [0.15, 0.2) is 30.5 Å². The summed E-state index contributed by atoms with van der Waals surface area (Å²) in [6, 6.07) is 8.75. The number of nitrogens with one attached hydrogen (secondary N) is 1.